The minimum Gasteiger partial charge on any atom is -0.457 e. The molecular formula is C28H29NO4. The van der Waals surface area contributed by atoms with E-state index in [-0.39, 0.29) is 47.5 Å². The van der Waals surface area contributed by atoms with Crippen molar-refractivity contribution in [3.63, 3.8) is 0 Å². The van der Waals surface area contributed by atoms with Crippen LogP contribution in [-0.2, 0) is 26.3 Å². The fourth-order valence-corrected chi connectivity index (χ4v) is 5.61. The molecule has 1 heterocycles. The number of fused-ring (bicyclic) bond motifs is 5. The molecule has 2 aromatic carbocycles. The maximum atomic E-state index is 13.1. The van der Waals surface area contributed by atoms with Gasteiger partial charge in [0, 0.05) is 0 Å². The molecule has 170 valence electrons. The molecule has 0 aromatic heterocycles. The van der Waals surface area contributed by atoms with Crippen LogP contribution in [0.5, 0.6) is 0 Å². The molecule has 1 saturated heterocycles. The number of hydrogen-bond acceptors (Lipinski definition) is 4. The van der Waals surface area contributed by atoms with E-state index in [0.29, 0.717) is 11.3 Å². The van der Waals surface area contributed by atoms with Gasteiger partial charge in [0.2, 0.25) is 11.8 Å². The second-order valence-electron chi connectivity index (χ2n) is 10.6. The Morgan fingerprint density at radius 1 is 0.970 bits per heavy atom. The Bertz CT molecular complexity index is 1150. The summed E-state index contributed by atoms with van der Waals surface area (Å²) < 4.78 is 5.46. The van der Waals surface area contributed by atoms with Crippen molar-refractivity contribution in [2.24, 2.45) is 23.7 Å². The van der Waals surface area contributed by atoms with E-state index in [1.165, 1.54) is 16.0 Å². The number of hydrogen-bond donors (Lipinski definition) is 0. The predicted molar refractivity (Wildman–Crippen MR) is 126 cm³/mol. The average Bonchev–Trinajstić information content (AvgIpc) is 3.42. The molecule has 2 amide bonds. The van der Waals surface area contributed by atoms with Gasteiger partial charge in [-0.15, -0.1) is 0 Å². The van der Waals surface area contributed by atoms with Crippen LogP contribution in [0.2, 0.25) is 0 Å². The van der Waals surface area contributed by atoms with Gasteiger partial charge in [0.15, 0.2) is 0 Å². The van der Waals surface area contributed by atoms with Crippen molar-refractivity contribution in [3.8, 4) is 0 Å². The van der Waals surface area contributed by atoms with Crippen LogP contribution in [0, 0.1) is 23.7 Å². The SMILES string of the molecule is CC1=C[C@H]2C[C@@H]1[C@@H]1C(=O)N(c3ccc(C(=O)OCc4ccc(C(C)(C)C)cc4)cc3)C(=O)[C@H]12. The van der Waals surface area contributed by atoms with Gasteiger partial charge < -0.3 is 4.74 Å². The molecule has 33 heavy (non-hydrogen) atoms. The summed E-state index contributed by atoms with van der Waals surface area (Å²) in [4.78, 5) is 40.0. The average molecular weight is 444 g/mol. The maximum Gasteiger partial charge on any atom is 0.338 e. The van der Waals surface area contributed by atoms with Gasteiger partial charge in [-0.1, -0.05) is 56.7 Å². The van der Waals surface area contributed by atoms with Crippen LogP contribution < -0.4 is 4.90 Å². The minimum atomic E-state index is -0.435. The van der Waals surface area contributed by atoms with Crippen LogP contribution in [0.1, 0.15) is 55.6 Å². The zero-order valence-corrected chi connectivity index (χ0v) is 19.5. The molecule has 0 unspecified atom stereocenters. The zero-order chi connectivity index (χ0) is 23.5. The van der Waals surface area contributed by atoms with E-state index in [0.717, 1.165) is 12.0 Å². The van der Waals surface area contributed by atoms with E-state index in [1.807, 2.05) is 12.1 Å². The van der Waals surface area contributed by atoms with E-state index in [9.17, 15) is 14.4 Å². The zero-order valence-electron chi connectivity index (χ0n) is 19.5. The molecule has 5 nitrogen and oxygen atoms in total. The summed E-state index contributed by atoms with van der Waals surface area (Å²) in [5.74, 6) is -0.770. The van der Waals surface area contributed by atoms with Gasteiger partial charge in [-0.25, -0.2) is 4.79 Å². The summed E-state index contributed by atoms with van der Waals surface area (Å²) >= 11 is 0. The van der Waals surface area contributed by atoms with Crippen molar-refractivity contribution in [2.45, 2.75) is 46.1 Å². The van der Waals surface area contributed by atoms with Gasteiger partial charge in [0.25, 0.3) is 0 Å². The monoisotopic (exact) mass is 443 g/mol. The van der Waals surface area contributed by atoms with Crippen LogP contribution in [0.15, 0.2) is 60.2 Å². The molecule has 1 aliphatic heterocycles. The first kappa shape index (κ1) is 21.6. The van der Waals surface area contributed by atoms with Gasteiger partial charge in [-0.05, 0) is 66.0 Å². The summed E-state index contributed by atoms with van der Waals surface area (Å²) in [5.41, 5.74) is 4.36. The quantitative estimate of drug-likeness (QED) is 0.377. The third-order valence-corrected chi connectivity index (χ3v) is 7.43. The minimum absolute atomic E-state index is 0.0720. The van der Waals surface area contributed by atoms with E-state index in [2.05, 4.69) is 45.9 Å². The number of allylic oxidation sites excluding steroid dienone is 2. The molecule has 1 saturated carbocycles. The fraction of sp³-hybridized carbons (Fsp3) is 0.393. The molecule has 5 heteroatoms. The number of carbonyl (C=O) groups excluding carboxylic acids is 3. The van der Waals surface area contributed by atoms with Gasteiger partial charge in [-0.2, -0.15) is 0 Å². The second-order valence-corrected chi connectivity index (χ2v) is 10.6. The van der Waals surface area contributed by atoms with Gasteiger partial charge in [0.05, 0.1) is 23.1 Å². The second kappa shape index (κ2) is 7.68. The third kappa shape index (κ3) is 3.60. The third-order valence-electron chi connectivity index (χ3n) is 7.43. The van der Waals surface area contributed by atoms with E-state index < -0.39 is 5.97 Å². The normalized spacial score (nSPS) is 25.9. The number of anilines is 1. The van der Waals surface area contributed by atoms with Crippen LogP contribution >= 0.6 is 0 Å². The maximum absolute atomic E-state index is 13.1. The molecule has 0 radical (unpaired) electrons. The van der Waals surface area contributed by atoms with E-state index >= 15 is 0 Å². The number of rotatable bonds is 4. The standard InChI is InChI=1S/C28H29NO4/c1-16-13-19-14-22(16)24-23(19)25(30)29(26(24)31)21-11-7-18(8-12-21)27(32)33-15-17-5-9-20(10-6-17)28(2,3)4/h5-13,19,22-24H,14-15H2,1-4H3/t19-,22-,23-,24-/m0/s1. The molecule has 2 fully saturated rings. The topological polar surface area (TPSA) is 63.7 Å². The van der Waals surface area contributed by atoms with Crippen molar-refractivity contribution in [1.82, 2.24) is 0 Å². The highest BCUT2D eigenvalue weighted by atomic mass is 16.5. The first-order chi connectivity index (χ1) is 15.6. The summed E-state index contributed by atoms with van der Waals surface area (Å²) in [6.07, 6.45) is 3.08. The fourth-order valence-electron chi connectivity index (χ4n) is 5.61. The number of imide groups is 1. The van der Waals surface area contributed by atoms with E-state index in [1.54, 1.807) is 24.3 Å². The van der Waals surface area contributed by atoms with Crippen LogP contribution in [0.25, 0.3) is 0 Å². The number of amides is 2. The Morgan fingerprint density at radius 3 is 2.24 bits per heavy atom. The lowest BCUT2D eigenvalue weighted by molar-refractivity contribution is -0.123. The summed E-state index contributed by atoms with van der Waals surface area (Å²) in [7, 11) is 0. The predicted octanol–water partition coefficient (Wildman–Crippen LogP) is 5.04. The van der Waals surface area contributed by atoms with Crippen molar-refractivity contribution in [1.29, 1.82) is 0 Å². The molecule has 2 aromatic rings. The largest absolute Gasteiger partial charge is 0.457 e. The number of carbonyl (C=O) groups is 3. The Kier molecular flexibility index (Phi) is 5.04. The van der Waals surface area contributed by atoms with Crippen molar-refractivity contribution < 1.29 is 19.1 Å². The van der Waals surface area contributed by atoms with Crippen molar-refractivity contribution in [2.75, 3.05) is 4.90 Å². The summed E-state index contributed by atoms with van der Waals surface area (Å²) in [6, 6.07) is 14.6. The summed E-state index contributed by atoms with van der Waals surface area (Å²) in [6.45, 7) is 8.71. The van der Waals surface area contributed by atoms with Crippen molar-refractivity contribution in [3.05, 3.63) is 76.9 Å². The highest BCUT2D eigenvalue weighted by molar-refractivity contribution is 6.23. The van der Waals surface area contributed by atoms with Gasteiger partial charge in [0.1, 0.15) is 6.61 Å². The highest BCUT2D eigenvalue weighted by Gasteiger charge is 2.60. The summed E-state index contributed by atoms with van der Waals surface area (Å²) in [5, 5.41) is 0. The number of ether oxygens (including phenoxy) is 1. The molecule has 0 N–H and O–H groups in total. The Hall–Kier alpha value is -3.21. The van der Waals surface area contributed by atoms with Gasteiger partial charge in [-0.3, -0.25) is 14.5 Å². The molecule has 0 spiro atoms. The Morgan fingerprint density at radius 2 is 1.61 bits per heavy atom. The first-order valence-corrected chi connectivity index (χ1v) is 11.6. The highest BCUT2D eigenvalue weighted by Crippen LogP contribution is 2.55. The lowest BCUT2D eigenvalue weighted by atomic mass is 9.82. The molecule has 4 atom stereocenters. The lowest BCUT2D eigenvalue weighted by Gasteiger charge is -2.19. The molecule has 5 rings (SSSR count). The van der Waals surface area contributed by atoms with Gasteiger partial charge >= 0.3 is 5.97 Å². The van der Waals surface area contributed by atoms with Crippen LogP contribution in [0.4, 0.5) is 5.69 Å². The molecular weight excluding hydrogens is 414 g/mol. The van der Waals surface area contributed by atoms with Crippen LogP contribution in [0.3, 0.4) is 0 Å². The van der Waals surface area contributed by atoms with Crippen LogP contribution in [-0.4, -0.2) is 17.8 Å². The van der Waals surface area contributed by atoms with E-state index in [4.69, 9.17) is 4.74 Å². The first-order valence-electron chi connectivity index (χ1n) is 11.6. The lowest BCUT2D eigenvalue weighted by Crippen LogP contribution is -2.32. The number of benzene rings is 2. The number of esters is 1. The molecule has 2 bridgehead atoms. The van der Waals surface area contributed by atoms with Crippen molar-refractivity contribution >= 4 is 23.5 Å². The smallest absolute Gasteiger partial charge is 0.338 e. The molecule has 2 aliphatic carbocycles. The number of nitrogens with zero attached hydrogens (tertiary/aromatic N) is 1. The molecule has 3 aliphatic rings. The Labute approximate surface area is 194 Å². The Balaban J connectivity index is 1.24.